The SMILES string of the molecule is CCSCC(C)NC(=O)c1c(O)cccc1F. The molecular formula is C12H16FNO2S. The Morgan fingerprint density at radius 2 is 2.29 bits per heavy atom. The van der Waals surface area contributed by atoms with Crippen LogP contribution >= 0.6 is 11.8 Å². The van der Waals surface area contributed by atoms with E-state index >= 15 is 0 Å². The third-order valence-corrected chi connectivity index (χ3v) is 3.31. The van der Waals surface area contributed by atoms with Crippen LogP contribution in [0.5, 0.6) is 5.75 Å². The van der Waals surface area contributed by atoms with Crippen molar-refractivity contribution in [3.05, 3.63) is 29.6 Å². The first kappa shape index (κ1) is 13.8. The molecule has 0 aliphatic heterocycles. The van der Waals surface area contributed by atoms with Gasteiger partial charge in [0.2, 0.25) is 0 Å². The number of aromatic hydroxyl groups is 1. The van der Waals surface area contributed by atoms with Gasteiger partial charge in [-0.2, -0.15) is 11.8 Å². The molecule has 1 unspecified atom stereocenters. The number of nitrogens with one attached hydrogen (secondary N) is 1. The Kier molecular flexibility index (Phi) is 5.28. The first-order valence-electron chi connectivity index (χ1n) is 5.42. The molecule has 0 aliphatic rings. The summed E-state index contributed by atoms with van der Waals surface area (Å²) in [6.07, 6.45) is 0. The second kappa shape index (κ2) is 6.49. The summed E-state index contributed by atoms with van der Waals surface area (Å²) >= 11 is 1.69. The van der Waals surface area contributed by atoms with Gasteiger partial charge in [-0.05, 0) is 24.8 Å². The van der Waals surface area contributed by atoms with Crippen molar-refractivity contribution in [2.45, 2.75) is 19.9 Å². The molecule has 1 aromatic rings. The van der Waals surface area contributed by atoms with Crippen molar-refractivity contribution < 1.29 is 14.3 Å². The first-order chi connectivity index (χ1) is 8.06. The number of halogens is 1. The van der Waals surface area contributed by atoms with Crippen molar-refractivity contribution in [2.24, 2.45) is 0 Å². The Balaban J connectivity index is 2.70. The average Bonchev–Trinajstić information content (AvgIpc) is 2.26. The third kappa shape index (κ3) is 3.93. The van der Waals surface area contributed by atoms with E-state index in [1.807, 2.05) is 13.8 Å². The fraction of sp³-hybridized carbons (Fsp3) is 0.417. The normalized spacial score (nSPS) is 12.2. The van der Waals surface area contributed by atoms with Gasteiger partial charge in [0.25, 0.3) is 5.91 Å². The molecule has 0 radical (unpaired) electrons. The van der Waals surface area contributed by atoms with Gasteiger partial charge >= 0.3 is 0 Å². The molecule has 2 N–H and O–H groups in total. The summed E-state index contributed by atoms with van der Waals surface area (Å²) in [7, 11) is 0. The molecule has 0 spiro atoms. The van der Waals surface area contributed by atoms with Crippen LogP contribution in [0.1, 0.15) is 24.2 Å². The van der Waals surface area contributed by atoms with Gasteiger partial charge in [-0.15, -0.1) is 0 Å². The van der Waals surface area contributed by atoms with E-state index in [1.165, 1.54) is 12.1 Å². The average molecular weight is 257 g/mol. The number of hydrogen-bond donors (Lipinski definition) is 2. The Hall–Kier alpha value is -1.23. The number of rotatable bonds is 5. The lowest BCUT2D eigenvalue weighted by atomic mass is 10.1. The summed E-state index contributed by atoms with van der Waals surface area (Å²) < 4.78 is 13.4. The molecule has 0 saturated carbocycles. The molecule has 1 rings (SSSR count). The second-order valence-corrected chi connectivity index (χ2v) is 4.99. The van der Waals surface area contributed by atoms with Gasteiger partial charge in [0.15, 0.2) is 0 Å². The predicted molar refractivity (Wildman–Crippen MR) is 68.0 cm³/mol. The molecule has 1 aromatic carbocycles. The number of carbonyl (C=O) groups excluding carboxylic acids is 1. The van der Waals surface area contributed by atoms with Gasteiger partial charge in [0.05, 0.1) is 0 Å². The zero-order valence-corrected chi connectivity index (χ0v) is 10.7. The molecule has 5 heteroatoms. The highest BCUT2D eigenvalue weighted by Crippen LogP contribution is 2.19. The van der Waals surface area contributed by atoms with Crippen LogP contribution in [0.3, 0.4) is 0 Å². The van der Waals surface area contributed by atoms with Gasteiger partial charge in [-0.25, -0.2) is 4.39 Å². The lowest BCUT2D eigenvalue weighted by Crippen LogP contribution is -2.34. The van der Waals surface area contributed by atoms with E-state index in [4.69, 9.17) is 0 Å². The Morgan fingerprint density at radius 1 is 1.59 bits per heavy atom. The van der Waals surface area contributed by atoms with Gasteiger partial charge in [-0.1, -0.05) is 13.0 Å². The highest BCUT2D eigenvalue weighted by Gasteiger charge is 2.17. The van der Waals surface area contributed by atoms with Crippen molar-refractivity contribution >= 4 is 17.7 Å². The monoisotopic (exact) mass is 257 g/mol. The zero-order valence-electron chi connectivity index (χ0n) is 9.87. The number of phenols is 1. The molecule has 0 aromatic heterocycles. The van der Waals surface area contributed by atoms with E-state index < -0.39 is 11.7 Å². The molecular weight excluding hydrogens is 241 g/mol. The molecule has 0 aliphatic carbocycles. The van der Waals surface area contributed by atoms with Crippen LogP contribution in [-0.4, -0.2) is 28.6 Å². The van der Waals surface area contributed by atoms with E-state index in [2.05, 4.69) is 5.32 Å². The quantitative estimate of drug-likeness (QED) is 0.851. The molecule has 94 valence electrons. The summed E-state index contributed by atoms with van der Waals surface area (Å²) in [5.74, 6) is 0.100. The fourth-order valence-electron chi connectivity index (χ4n) is 1.37. The maximum absolute atomic E-state index is 13.4. The van der Waals surface area contributed by atoms with Crippen LogP contribution in [0.4, 0.5) is 4.39 Å². The molecule has 0 bridgehead atoms. The number of carbonyl (C=O) groups is 1. The molecule has 0 fully saturated rings. The van der Waals surface area contributed by atoms with Crippen molar-refractivity contribution in [1.82, 2.24) is 5.32 Å². The van der Waals surface area contributed by atoms with Crippen LogP contribution in [0.25, 0.3) is 0 Å². The van der Waals surface area contributed by atoms with Crippen LogP contribution in [-0.2, 0) is 0 Å². The number of phenolic OH excluding ortho intramolecular Hbond substituents is 1. The van der Waals surface area contributed by atoms with Gasteiger partial charge in [-0.3, -0.25) is 4.79 Å². The largest absolute Gasteiger partial charge is 0.507 e. The molecule has 0 saturated heterocycles. The maximum atomic E-state index is 13.4. The summed E-state index contributed by atoms with van der Waals surface area (Å²) in [5.41, 5.74) is -0.291. The van der Waals surface area contributed by atoms with E-state index in [0.717, 1.165) is 17.6 Å². The van der Waals surface area contributed by atoms with Gasteiger partial charge < -0.3 is 10.4 Å². The number of thioether (sulfide) groups is 1. The van der Waals surface area contributed by atoms with E-state index in [9.17, 15) is 14.3 Å². The molecule has 3 nitrogen and oxygen atoms in total. The summed E-state index contributed by atoms with van der Waals surface area (Å²) in [4.78, 5) is 11.7. The van der Waals surface area contributed by atoms with Gasteiger partial charge in [0, 0.05) is 11.8 Å². The Morgan fingerprint density at radius 3 is 2.88 bits per heavy atom. The number of benzene rings is 1. The predicted octanol–water partition coefficient (Wildman–Crippen LogP) is 2.40. The highest BCUT2D eigenvalue weighted by molar-refractivity contribution is 7.99. The first-order valence-corrected chi connectivity index (χ1v) is 6.57. The minimum absolute atomic E-state index is 0.0635. The minimum atomic E-state index is -0.710. The molecule has 17 heavy (non-hydrogen) atoms. The minimum Gasteiger partial charge on any atom is -0.507 e. The molecule has 1 amide bonds. The fourth-order valence-corrected chi connectivity index (χ4v) is 2.04. The van der Waals surface area contributed by atoms with Crippen molar-refractivity contribution in [2.75, 3.05) is 11.5 Å². The lowest BCUT2D eigenvalue weighted by molar-refractivity contribution is 0.0937. The lowest BCUT2D eigenvalue weighted by Gasteiger charge is -2.14. The van der Waals surface area contributed by atoms with Crippen molar-refractivity contribution in [3.63, 3.8) is 0 Å². The zero-order chi connectivity index (χ0) is 12.8. The summed E-state index contributed by atoms with van der Waals surface area (Å²) in [6, 6.07) is 3.74. The van der Waals surface area contributed by atoms with Crippen LogP contribution in [0.2, 0.25) is 0 Å². The van der Waals surface area contributed by atoms with E-state index in [0.29, 0.717) is 0 Å². The Bertz CT molecular complexity index is 378. The topological polar surface area (TPSA) is 49.3 Å². The van der Waals surface area contributed by atoms with Gasteiger partial charge in [0.1, 0.15) is 17.1 Å². The maximum Gasteiger partial charge on any atom is 0.258 e. The van der Waals surface area contributed by atoms with E-state index in [-0.39, 0.29) is 17.4 Å². The molecule has 0 heterocycles. The van der Waals surface area contributed by atoms with Crippen molar-refractivity contribution in [1.29, 1.82) is 0 Å². The third-order valence-electron chi connectivity index (χ3n) is 2.17. The number of amides is 1. The van der Waals surface area contributed by atoms with E-state index in [1.54, 1.807) is 11.8 Å². The standard InChI is InChI=1S/C12H16FNO2S/c1-3-17-7-8(2)14-12(16)11-9(13)5-4-6-10(11)15/h4-6,8,15H,3,7H2,1-2H3,(H,14,16). The Labute approximate surface area is 104 Å². The smallest absolute Gasteiger partial charge is 0.258 e. The number of hydrogen-bond acceptors (Lipinski definition) is 3. The summed E-state index contributed by atoms with van der Waals surface area (Å²) in [6.45, 7) is 3.88. The molecule has 1 atom stereocenters. The van der Waals surface area contributed by atoms with Crippen LogP contribution in [0.15, 0.2) is 18.2 Å². The second-order valence-electron chi connectivity index (χ2n) is 3.67. The van der Waals surface area contributed by atoms with Crippen LogP contribution in [0, 0.1) is 5.82 Å². The van der Waals surface area contributed by atoms with Crippen molar-refractivity contribution in [3.8, 4) is 5.75 Å². The van der Waals surface area contributed by atoms with Crippen LogP contribution < -0.4 is 5.32 Å². The summed E-state index contributed by atoms with van der Waals surface area (Å²) in [5, 5.41) is 12.1. The highest BCUT2D eigenvalue weighted by atomic mass is 32.2.